The van der Waals surface area contributed by atoms with Gasteiger partial charge in [-0.15, -0.1) is 0 Å². The molecular weight excluding hydrogens is 224 g/mol. The first-order valence-electron chi connectivity index (χ1n) is 6.49. The van der Waals surface area contributed by atoms with Gasteiger partial charge in [0.05, 0.1) is 6.04 Å². The Labute approximate surface area is 109 Å². The fourth-order valence-corrected chi connectivity index (χ4v) is 2.57. The van der Waals surface area contributed by atoms with Gasteiger partial charge in [-0.25, -0.2) is 0 Å². The van der Waals surface area contributed by atoms with E-state index in [4.69, 9.17) is 0 Å². The summed E-state index contributed by atoms with van der Waals surface area (Å²) in [5.74, 6) is 0.190. The Morgan fingerprint density at radius 1 is 1.33 bits per heavy atom. The Kier molecular flexibility index (Phi) is 3.44. The van der Waals surface area contributed by atoms with Crippen molar-refractivity contribution in [2.24, 2.45) is 0 Å². The summed E-state index contributed by atoms with van der Waals surface area (Å²) in [6.45, 7) is 9.74. The maximum atomic E-state index is 12.1. The van der Waals surface area contributed by atoms with Crippen molar-refractivity contribution in [2.75, 3.05) is 6.54 Å². The lowest BCUT2D eigenvalue weighted by molar-refractivity contribution is -0.138. The molecule has 98 valence electrons. The summed E-state index contributed by atoms with van der Waals surface area (Å²) in [7, 11) is 0. The molecule has 0 radical (unpaired) electrons. The number of carbonyl (C=O) groups excluding carboxylic acids is 1. The summed E-state index contributed by atoms with van der Waals surface area (Å²) in [6.07, 6.45) is 0. The topological polar surface area (TPSA) is 32.3 Å². The summed E-state index contributed by atoms with van der Waals surface area (Å²) in [5.41, 5.74) is 2.43. The van der Waals surface area contributed by atoms with Crippen molar-refractivity contribution in [3.63, 3.8) is 0 Å². The van der Waals surface area contributed by atoms with Crippen molar-refractivity contribution in [3.05, 3.63) is 35.4 Å². The lowest BCUT2D eigenvalue weighted by atomic mass is 9.98. The van der Waals surface area contributed by atoms with Crippen molar-refractivity contribution < 1.29 is 4.79 Å². The van der Waals surface area contributed by atoms with E-state index in [-0.39, 0.29) is 17.5 Å². The second-order valence-corrected chi connectivity index (χ2v) is 5.93. The average molecular weight is 246 g/mol. The van der Waals surface area contributed by atoms with Gasteiger partial charge in [0.15, 0.2) is 0 Å². The van der Waals surface area contributed by atoms with Gasteiger partial charge in [0, 0.05) is 18.6 Å². The molecule has 18 heavy (non-hydrogen) atoms. The number of nitrogens with one attached hydrogen (secondary N) is 1. The van der Waals surface area contributed by atoms with Crippen LogP contribution in [0.1, 0.15) is 31.9 Å². The highest BCUT2D eigenvalue weighted by Gasteiger charge is 2.35. The SMILES string of the molecule is Cc1ccc(CN2CC(C)(C)NC(C)C2=O)cc1. The smallest absolute Gasteiger partial charge is 0.239 e. The molecule has 0 bridgehead atoms. The van der Waals surface area contributed by atoms with Gasteiger partial charge in [-0.2, -0.15) is 0 Å². The minimum absolute atomic E-state index is 0.0158. The molecular formula is C15H22N2O. The highest BCUT2D eigenvalue weighted by Crippen LogP contribution is 2.17. The molecule has 0 aromatic heterocycles. The molecule has 3 heteroatoms. The van der Waals surface area contributed by atoms with Gasteiger partial charge < -0.3 is 4.90 Å². The van der Waals surface area contributed by atoms with Gasteiger partial charge in [0.25, 0.3) is 0 Å². The number of amides is 1. The van der Waals surface area contributed by atoms with Gasteiger partial charge in [-0.3, -0.25) is 10.1 Å². The molecule has 1 aromatic rings. The Morgan fingerprint density at radius 3 is 2.56 bits per heavy atom. The molecule has 3 nitrogen and oxygen atoms in total. The molecule has 1 unspecified atom stereocenters. The van der Waals surface area contributed by atoms with Crippen LogP contribution in [0.5, 0.6) is 0 Å². The van der Waals surface area contributed by atoms with Gasteiger partial charge in [-0.1, -0.05) is 29.8 Å². The van der Waals surface area contributed by atoms with Gasteiger partial charge >= 0.3 is 0 Å². The van der Waals surface area contributed by atoms with E-state index in [2.05, 4.69) is 50.4 Å². The number of rotatable bonds is 2. The summed E-state index contributed by atoms with van der Waals surface area (Å²) >= 11 is 0. The summed E-state index contributed by atoms with van der Waals surface area (Å²) in [6, 6.07) is 8.29. The van der Waals surface area contributed by atoms with Crippen LogP contribution >= 0.6 is 0 Å². The van der Waals surface area contributed by atoms with E-state index in [1.54, 1.807) is 0 Å². The molecule has 0 spiro atoms. The number of hydrogen-bond acceptors (Lipinski definition) is 2. The first-order valence-corrected chi connectivity index (χ1v) is 6.49. The molecule has 1 aromatic carbocycles. The number of hydrogen-bond donors (Lipinski definition) is 1. The zero-order valence-corrected chi connectivity index (χ0v) is 11.7. The molecule has 0 aliphatic carbocycles. The predicted octanol–water partition coefficient (Wildman–Crippen LogP) is 2.09. The van der Waals surface area contributed by atoms with Gasteiger partial charge in [0.1, 0.15) is 0 Å². The summed E-state index contributed by atoms with van der Waals surface area (Å²) < 4.78 is 0. The monoisotopic (exact) mass is 246 g/mol. The molecule has 1 heterocycles. The van der Waals surface area contributed by atoms with Crippen LogP contribution in [0, 0.1) is 6.92 Å². The fraction of sp³-hybridized carbons (Fsp3) is 0.533. The van der Waals surface area contributed by atoms with Crippen LogP contribution in [-0.2, 0) is 11.3 Å². The van der Waals surface area contributed by atoms with E-state index in [9.17, 15) is 4.79 Å². The van der Waals surface area contributed by atoms with E-state index < -0.39 is 0 Å². The predicted molar refractivity (Wildman–Crippen MR) is 73.3 cm³/mol. The van der Waals surface area contributed by atoms with Crippen molar-refractivity contribution in [1.29, 1.82) is 0 Å². The van der Waals surface area contributed by atoms with E-state index in [0.29, 0.717) is 6.54 Å². The van der Waals surface area contributed by atoms with Crippen LogP contribution in [0.25, 0.3) is 0 Å². The van der Waals surface area contributed by atoms with Crippen molar-refractivity contribution in [3.8, 4) is 0 Å². The molecule has 1 fully saturated rings. The van der Waals surface area contributed by atoms with Crippen LogP contribution in [0.15, 0.2) is 24.3 Å². The summed E-state index contributed by atoms with van der Waals surface area (Å²) in [4.78, 5) is 14.1. The fourth-order valence-electron chi connectivity index (χ4n) is 2.57. The van der Waals surface area contributed by atoms with Crippen LogP contribution in [0.4, 0.5) is 0 Å². The van der Waals surface area contributed by atoms with E-state index >= 15 is 0 Å². The number of carbonyl (C=O) groups is 1. The molecule has 1 saturated heterocycles. The lowest BCUT2D eigenvalue weighted by Gasteiger charge is -2.42. The van der Waals surface area contributed by atoms with E-state index in [1.807, 2.05) is 11.8 Å². The zero-order valence-electron chi connectivity index (χ0n) is 11.7. The van der Waals surface area contributed by atoms with Gasteiger partial charge in [0.2, 0.25) is 5.91 Å². The molecule has 1 atom stereocenters. The van der Waals surface area contributed by atoms with Crippen LogP contribution in [0.2, 0.25) is 0 Å². The number of nitrogens with zero attached hydrogens (tertiary/aromatic N) is 1. The number of piperazine rings is 1. The molecule has 1 N–H and O–H groups in total. The van der Waals surface area contributed by atoms with Crippen molar-refractivity contribution >= 4 is 5.91 Å². The average Bonchev–Trinajstić information content (AvgIpc) is 2.27. The Bertz CT molecular complexity index is 436. The maximum Gasteiger partial charge on any atom is 0.239 e. The molecule has 0 saturated carbocycles. The highest BCUT2D eigenvalue weighted by atomic mass is 16.2. The van der Waals surface area contributed by atoms with E-state index in [0.717, 1.165) is 6.54 Å². The minimum Gasteiger partial charge on any atom is -0.335 e. The largest absolute Gasteiger partial charge is 0.335 e. The lowest BCUT2D eigenvalue weighted by Crippen LogP contribution is -2.63. The Morgan fingerprint density at radius 2 is 1.94 bits per heavy atom. The molecule has 1 aliphatic heterocycles. The second kappa shape index (κ2) is 4.73. The highest BCUT2D eigenvalue weighted by molar-refractivity contribution is 5.82. The van der Waals surface area contributed by atoms with Gasteiger partial charge in [-0.05, 0) is 33.3 Å². The first-order chi connectivity index (χ1) is 8.37. The number of aryl methyl sites for hydroxylation is 1. The maximum absolute atomic E-state index is 12.1. The molecule has 2 rings (SSSR count). The summed E-state index contributed by atoms with van der Waals surface area (Å²) in [5, 5.41) is 3.34. The van der Waals surface area contributed by atoms with Crippen LogP contribution in [0.3, 0.4) is 0 Å². The third kappa shape index (κ3) is 2.91. The second-order valence-electron chi connectivity index (χ2n) is 5.93. The van der Waals surface area contributed by atoms with Crippen molar-refractivity contribution in [1.82, 2.24) is 10.2 Å². The number of benzene rings is 1. The van der Waals surface area contributed by atoms with Crippen molar-refractivity contribution in [2.45, 2.75) is 45.8 Å². The van der Waals surface area contributed by atoms with E-state index in [1.165, 1.54) is 11.1 Å². The quantitative estimate of drug-likeness (QED) is 0.866. The van der Waals surface area contributed by atoms with Crippen LogP contribution in [-0.4, -0.2) is 28.9 Å². The standard InChI is InChI=1S/C15H22N2O/c1-11-5-7-13(8-6-11)9-17-10-15(3,4)16-12(2)14(17)18/h5-8,12,16H,9-10H2,1-4H3. The molecule has 1 amide bonds. The minimum atomic E-state index is -0.0980. The van der Waals surface area contributed by atoms with Crippen LogP contribution < -0.4 is 5.32 Å². The zero-order chi connectivity index (χ0) is 13.3. The first kappa shape index (κ1) is 13.1. The third-order valence-electron chi connectivity index (χ3n) is 3.37. The Balaban J connectivity index is 2.12. The normalized spacial score (nSPS) is 23.2. The molecule has 1 aliphatic rings. The Hall–Kier alpha value is -1.35. The third-order valence-corrected chi connectivity index (χ3v) is 3.37.